The van der Waals surface area contributed by atoms with E-state index in [9.17, 15) is 9.59 Å². The first kappa shape index (κ1) is 16.4. The van der Waals surface area contributed by atoms with Crippen LogP contribution in [0.4, 0.5) is 0 Å². The van der Waals surface area contributed by atoms with Gasteiger partial charge in [-0.3, -0.25) is 9.59 Å². The standard InChI is InChI=1S/C16H17ClN4O3/c17-13-4-2-1-3-11(13)7-16(5-6-16)15(24)18-8-12-9-21(20-19-12)10-14(22)23/h1-4,9H,5-8,10H2,(H,18,24)(H,22,23). The van der Waals surface area contributed by atoms with E-state index in [-0.39, 0.29) is 19.0 Å². The fraction of sp³-hybridized carbons (Fsp3) is 0.375. The second-order valence-corrected chi connectivity index (χ2v) is 6.44. The average molecular weight is 349 g/mol. The Morgan fingerprint density at radius 3 is 2.75 bits per heavy atom. The smallest absolute Gasteiger partial charge is 0.325 e. The minimum absolute atomic E-state index is 0.0322. The molecule has 1 aromatic heterocycles. The van der Waals surface area contributed by atoms with Crippen molar-refractivity contribution in [1.82, 2.24) is 20.3 Å². The van der Waals surface area contributed by atoms with Crippen LogP contribution in [-0.2, 0) is 29.1 Å². The Morgan fingerprint density at radius 2 is 2.08 bits per heavy atom. The molecule has 0 bridgehead atoms. The lowest BCUT2D eigenvalue weighted by Crippen LogP contribution is -2.33. The molecular formula is C16H17ClN4O3. The first-order chi connectivity index (χ1) is 11.5. The van der Waals surface area contributed by atoms with Crippen molar-refractivity contribution in [2.75, 3.05) is 0 Å². The Balaban J connectivity index is 1.58. The van der Waals surface area contributed by atoms with Crippen LogP contribution in [0.3, 0.4) is 0 Å². The van der Waals surface area contributed by atoms with Gasteiger partial charge in [-0.15, -0.1) is 5.10 Å². The Labute approximate surface area is 143 Å². The SMILES string of the molecule is O=C(O)Cn1cc(CNC(=O)C2(Cc3ccccc3Cl)CC2)nn1. The van der Waals surface area contributed by atoms with Gasteiger partial charge in [0.15, 0.2) is 0 Å². The van der Waals surface area contributed by atoms with Gasteiger partial charge in [0.1, 0.15) is 12.2 Å². The van der Waals surface area contributed by atoms with E-state index in [1.165, 1.54) is 10.9 Å². The first-order valence-electron chi connectivity index (χ1n) is 7.61. The molecular weight excluding hydrogens is 332 g/mol. The van der Waals surface area contributed by atoms with Crippen LogP contribution in [0.25, 0.3) is 0 Å². The molecule has 1 heterocycles. The molecule has 1 aliphatic carbocycles. The van der Waals surface area contributed by atoms with Crippen LogP contribution in [0.15, 0.2) is 30.5 Å². The number of hydrogen-bond acceptors (Lipinski definition) is 4. The van der Waals surface area contributed by atoms with Crippen molar-refractivity contribution in [2.24, 2.45) is 5.41 Å². The number of nitrogens with one attached hydrogen (secondary N) is 1. The van der Waals surface area contributed by atoms with Crippen molar-refractivity contribution in [3.05, 3.63) is 46.7 Å². The zero-order valence-electron chi connectivity index (χ0n) is 12.9. The van der Waals surface area contributed by atoms with Gasteiger partial charge in [-0.25, -0.2) is 4.68 Å². The number of carbonyl (C=O) groups excluding carboxylic acids is 1. The molecule has 0 aliphatic heterocycles. The first-order valence-corrected chi connectivity index (χ1v) is 7.99. The summed E-state index contributed by atoms with van der Waals surface area (Å²) in [5.74, 6) is -1.03. The normalized spacial score (nSPS) is 15.0. The van der Waals surface area contributed by atoms with E-state index >= 15 is 0 Å². The third kappa shape index (κ3) is 3.73. The number of halogens is 1. The number of hydrogen-bond donors (Lipinski definition) is 2. The highest BCUT2D eigenvalue weighted by Gasteiger charge is 2.49. The predicted molar refractivity (Wildman–Crippen MR) is 86.3 cm³/mol. The summed E-state index contributed by atoms with van der Waals surface area (Å²) < 4.78 is 1.22. The molecule has 1 saturated carbocycles. The van der Waals surface area contributed by atoms with Crippen molar-refractivity contribution >= 4 is 23.5 Å². The molecule has 2 aromatic rings. The zero-order valence-corrected chi connectivity index (χ0v) is 13.7. The Hall–Kier alpha value is -2.41. The number of carboxylic acid groups (broad SMARTS) is 1. The molecule has 7 nitrogen and oxygen atoms in total. The van der Waals surface area contributed by atoms with E-state index in [2.05, 4.69) is 15.6 Å². The zero-order chi connectivity index (χ0) is 17.2. The third-order valence-electron chi connectivity index (χ3n) is 4.14. The molecule has 0 unspecified atom stereocenters. The molecule has 2 N–H and O–H groups in total. The van der Waals surface area contributed by atoms with E-state index in [0.717, 1.165) is 18.4 Å². The van der Waals surface area contributed by atoms with E-state index in [1.54, 1.807) is 0 Å². The van der Waals surface area contributed by atoms with E-state index in [4.69, 9.17) is 16.7 Å². The summed E-state index contributed by atoms with van der Waals surface area (Å²) in [6, 6.07) is 7.54. The lowest BCUT2D eigenvalue weighted by molar-refractivity contribution is -0.138. The number of nitrogens with zero attached hydrogens (tertiary/aromatic N) is 3. The lowest BCUT2D eigenvalue weighted by Gasteiger charge is -2.15. The highest BCUT2D eigenvalue weighted by atomic mass is 35.5. The molecule has 0 atom stereocenters. The molecule has 24 heavy (non-hydrogen) atoms. The van der Waals surface area contributed by atoms with Gasteiger partial charge in [-0.05, 0) is 30.9 Å². The lowest BCUT2D eigenvalue weighted by atomic mass is 9.95. The summed E-state index contributed by atoms with van der Waals surface area (Å²) in [6.45, 7) is -0.0277. The minimum atomic E-state index is -0.993. The second kappa shape index (κ2) is 6.60. The molecule has 1 amide bonds. The quantitative estimate of drug-likeness (QED) is 0.793. The minimum Gasteiger partial charge on any atom is -0.480 e. The van der Waals surface area contributed by atoms with Gasteiger partial charge in [-0.1, -0.05) is 35.0 Å². The van der Waals surface area contributed by atoms with E-state index in [0.29, 0.717) is 17.1 Å². The van der Waals surface area contributed by atoms with Crippen LogP contribution in [0.1, 0.15) is 24.1 Å². The molecule has 1 fully saturated rings. The van der Waals surface area contributed by atoms with Crippen molar-refractivity contribution in [1.29, 1.82) is 0 Å². The van der Waals surface area contributed by atoms with Crippen LogP contribution in [0.2, 0.25) is 5.02 Å². The Kier molecular flexibility index (Phi) is 4.53. The molecule has 8 heteroatoms. The topological polar surface area (TPSA) is 97.1 Å². The summed E-state index contributed by atoms with van der Waals surface area (Å²) in [6.07, 6.45) is 3.79. The highest BCUT2D eigenvalue weighted by molar-refractivity contribution is 6.31. The van der Waals surface area contributed by atoms with Gasteiger partial charge in [0.25, 0.3) is 0 Å². The van der Waals surface area contributed by atoms with Crippen LogP contribution < -0.4 is 5.32 Å². The summed E-state index contributed by atoms with van der Waals surface area (Å²) >= 11 is 6.18. The second-order valence-electron chi connectivity index (χ2n) is 6.03. The summed E-state index contributed by atoms with van der Waals surface area (Å²) in [4.78, 5) is 23.1. The van der Waals surface area contributed by atoms with Crippen LogP contribution in [-0.4, -0.2) is 32.0 Å². The number of rotatable bonds is 7. The maximum atomic E-state index is 12.5. The van der Waals surface area contributed by atoms with Gasteiger partial charge >= 0.3 is 5.97 Å². The molecule has 126 valence electrons. The number of benzene rings is 1. The third-order valence-corrected chi connectivity index (χ3v) is 4.50. The van der Waals surface area contributed by atoms with Crippen molar-refractivity contribution in [3.8, 4) is 0 Å². The van der Waals surface area contributed by atoms with Crippen LogP contribution >= 0.6 is 11.6 Å². The van der Waals surface area contributed by atoms with Crippen molar-refractivity contribution in [2.45, 2.75) is 32.4 Å². The van der Waals surface area contributed by atoms with Gasteiger partial charge in [0.2, 0.25) is 5.91 Å². The largest absolute Gasteiger partial charge is 0.480 e. The summed E-state index contributed by atoms with van der Waals surface area (Å²) in [5.41, 5.74) is 1.10. The van der Waals surface area contributed by atoms with Crippen molar-refractivity contribution < 1.29 is 14.7 Å². The predicted octanol–water partition coefficient (Wildman–Crippen LogP) is 1.66. The van der Waals surface area contributed by atoms with E-state index in [1.807, 2.05) is 24.3 Å². The van der Waals surface area contributed by atoms with Gasteiger partial charge in [0.05, 0.1) is 18.2 Å². The maximum absolute atomic E-state index is 12.5. The summed E-state index contributed by atoms with van der Waals surface area (Å²) in [5, 5.41) is 19.8. The Morgan fingerprint density at radius 1 is 1.33 bits per heavy atom. The number of aromatic nitrogens is 3. The Bertz CT molecular complexity index is 770. The highest BCUT2D eigenvalue weighted by Crippen LogP contribution is 2.49. The van der Waals surface area contributed by atoms with Crippen LogP contribution in [0.5, 0.6) is 0 Å². The van der Waals surface area contributed by atoms with E-state index < -0.39 is 11.4 Å². The summed E-state index contributed by atoms with van der Waals surface area (Å²) in [7, 11) is 0. The monoisotopic (exact) mass is 348 g/mol. The van der Waals surface area contributed by atoms with Gasteiger partial charge in [-0.2, -0.15) is 0 Å². The fourth-order valence-electron chi connectivity index (χ4n) is 2.64. The maximum Gasteiger partial charge on any atom is 0.325 e. The molecule has 1 aliphatic rings. The molecule has 3 rings (SSSR count). The van der Waals surface area contributed by atoms with Gasteiger partial charge in [0, 0.05) is 5.02 Å². The van der Waals surface area contributed by atoms with Crippen molar-refractivity contribution in [3.63, 3.8) is 0 Å². The number of carboxylic acids is 1. The van der Waals surface area contributed by atoms with Crippen LogP contribution in [0, 0.1) is 5.41 Å². The fourth-order valence-corrected chi connectivity index (χ4v) is 2.84. The molecule has 1 aromatic carbocycles. The number of carbonyl (C=O) groups is 2. The average Bonchev–Trinajstić information content (AvgIpc) is 3.19. The molecule has 0 spiro atoms. The molecule has 0 radical (unpaired) electrons. The number of amides is 1. The molecule has 0 saturated heterocycles. The van der Waals surface area contributed by atoms with Gasteiger partial charge < -0.3 is 10.4 Å². The number of aliphatic carboxylic acids is 1.